The summed E-state index contributed by atoms with van der Waals surface area (Å²) in [5.41, 5.74) is 0. The number of carboxylic acid groups (broad SMARTS) is 1. The second-order valence-corrected chi connectivity index (χ2v) is 5.38. The average Bonchev–Trinajstić information content (AvgIpc) is 2.50. The molecule has 0 amide bonds. The zero-order valence-corrected chi connectivity index (χ0v) is 11.0. The molecule has 15 heavy (non-hydrogen) atoms. The van der Waals surface area contributed by atoms with Crippen LogP contribution in [0.3, 0.4) is 0 Å². The number of nitrogens with zero attached hydrogens (tertiary/aromatic N) is 1. The molecule has 0 aliphatic heterocycles. The topological polar surface area (TPSA) is 40.5 Å². The van der Waals surface area contributed by atoms with Crippen LogP contribution >= 0.6 is 27.3 Å². The highest BCUT2D eigenvalue weighted by molar-refractivity contribution is 9.10. The zero-order valence-electron chi connectivity index (χ0n) is 8.57. The standard InChI is InChI=1S/C10H14BrNO2S/c1-12(4-2-3-10(13)14)6-9-5-8(11)7-15-9/h5,7H,2-4,6H2,1H3,(H,13,14). The Hall–Kier alpha value is -0.390. The molecule has 84 valence electrons. The molecule has 3 nitrogen and oxygen atoms in total. The summed E-state index contributed by atoms with van der Waals surface area (Å²) in [4.78, 5) is 13.8. The van der Waals surface area contributed by atoms with Gasteiger partial charge >= 0.3 is 5.97 Å². The quantitative estimate of drug-likeness (QED) is 0.876. The van der Waals surface area contributed by atoms with Crippen LogP contribution in [0.1, 0.15) is 17.7 Å². The van der Waals surface area contributed by atoms with E-state index in [0.717, 1.165) is 17.6 Å². The molecule has 0 aliphatic carbocycles. The molecule has 0 atom stereocenters. The van der Waals surface area contributed by atoms with Gasteiger partial charge in [-0.15, -0.1) is 11.3 Å². The fourth-order valence-corrected chi connectivity index (χ4v) is 2.81. The number of halogens is 1. The van der Waals surface area contributed by atoms with E-state index in [-0.39, 0.29) is 6.42 Å². The van der Waals surface area contributed by atoms with Gasteiger partial charge in [-0.2, -0.15) is 0 Å². The molecular weight excluding hydrogens is 278 g/mol. The smallest absolute Gasteiger partial charge is 0.303 e. The SMILES string of the molecule is CN(CCCC(=O)O)Cc1cc(Br)cs1. The number of hydrogen-bond donors (Lipinski definition) is 1. The average molecular weight is 292 g/mol. The Morgan fingerprint density at radius 1 is 1.67 bits per heavy atom. The third-order valence-electron chi connectivity index (χ3n) is 1.98. The molecule has 1 heterocycles. The van der Waals surface area contributed by atoms with E-state index in [4.69, 9.17) is 5.11 Å². The molecule has 0 spiro atoms. The summed E-state index contributed by atoms with van der Waals surface area (Å²) >= 11 is 5.12. The number of rotatable bonds is 6. The fourth-order valence-electron chi connectivity index (χ4n) is 1.28. The van der Waals surface area contributed by atoms with Gasteiger partial charge in [0.25, 0.3) is 0 Å². The number of hydrogen-bond acceptors (Lipinski definition) is 3. The van der Waals surface area contributed by atoms with Gasteiger partial charge in [0.05, 0.1) is 0 Å². The van der Waals surface area contributed by atoms with Crippen molar-refractivity contribution in [2.24, 2.45) is 0 Å². The van der Waals surface area contributed by atoms with Crippen LogP contribution in [0.25, 0.3) is 0 Å². The predicted molar refractivity (Wildman–Crippen MR) is 65.2 cm³/mol. The largest absolute Gasteiger partial charge is 0.481 e. The highest BCUT2D eigenvalue weighted by atomic mass is 79.9. The molecule has 1 aromatic rings. The Morgan fingerprint density at radius 2 is 2.40 bits per heavy atom. The first-order valence-electron chi connectivity index (χ1n) is 4.71. The number of thiophene rings is 1. The summed E-state index contributed by atoms with van der Waals surface area (Å²) in [6.07, 6.45) is 0.955. The second-order valence-electron chi connectivity index (χ2n) is 3.47. The first-order valence-corrected chi connectivity index (χ1v) is 6.38. The molecule has 0 fully saturated rings. The van der Waals surface area contributed by atoms with Gasteiger partial charge in [0, 0.05) is 27.7 Å². The van der Waals surface area contributed by atoms with Gasteiger partial charge in [-0.25, -0.2) is 0 Å². The first kappa shape index (κ1) is 12.7. The molecule has 5 heteroatoms. The number of aliphatic carboxylic acids is 1. The van der Waals surface area contributed by atoms with Crippen molar-refractivity contribution in [1.82, 2.24) is 4.90 Å². The van der Waals surface area contributed by atoms with E-state index in [0.29, 0.717) is 6.42 Å². The van der Waals surface area contributed by atoms with Crippen LogP contribution < -0.4 is 0 Å². The van der Waals surface area contributed by atoms with Crippen molar-refractivity contribution >= 4 is 33.2 Å². The van der Waals surface area contributed by atoms with Gasteiger partial charge < -0.3 is 10.0 Å². The Labute approximate surface area is 102 Å². The molecule has 0 radical (unpaired) electrons. The minimum absolute atomic E-state index is 0.248. The van der Waals surface area contributed by atoms with Gasteiger partial charge in [-0.1, -0.05) is 0 Å². The molecule has 0 saturated carbocycles. The van der Waals surface area contributed by atoms with E-state index >= 15 is 0 Å². The highest BCUT2D eigenvalue weighted by Crippen LogP contribution is 2.20. The molecule has 0 saturated heterocycles. The molecule has 0 aliphatic rings. The van der Waals surface area contributed by atoms with Gasteiger partial charge in [0.2, 0.25) is 0 Å². The third kappa shape index (κ3) is 5.30. The minimum atomic E-state index is -0.720. The second kappa shape index (κ2) is 6.25. The van der Waals surface area contributed by atoms with E-state index in [1.807, 2.05) is 7.05 Å². The first-order chi connectivity index (χ1) is 7.08. The Morgan fingerprint density at radius 3 is 2.93 bits per heavy atom. The van der Waals surface area contributed by atoms with Crippen LogP contribution in [0, 0.1) is 0 Å². The molecule has 0 bridgehead atoms. The normalized spacial score (nSPS) is 10.9. The van der Waals surface area contributed by atoms with Gasteiger partial charge in [-0.3, -0.25) is 4.79 Å². The maximum absolute atomic E-state index is 10.3. The van der Waals surface area contributed by atoms with Gasteiger partial charge in [-0.05, 0) is 42.0 Å². The summed E-state index contributed by atoms with van der Waals surface area (Å²) in [6, 6.07) is 2.10. The summed E-state index contributed by atoms with van der Waals surface area (Å²) in [5.74, 6) is -0.720. The zero-order chi connectivity index (χ0) is 11.3. The minimum Gasteiger partial charge on any atom is -0.481 e. The molecule has 0 unspecified atom stereocenters. The Balaban J connectivity index is 2.24. The van der Waals surface area contributed by atoms with Crippen molar-refractivity contribution in [1.29, 1.82) is 0 Å². The monoisotopic (exact) mass is 291 g/mol. The fraction of sp³-hybridized carbons (Fsp3) is 0.500. The Bertz CT molecular complexity index is 327. The van der Waals surface area contributed by atoms with Crippen LogP contribution in [0.5, 0.6) is 0 Å². The number of carbonyl (C=O) groups is 1. The van der Waals surface area contributed by atoms with Crippen molar-refractivity contribution in [3.05, 3.63) is 20.8 Å². The van der Waals surface area contributed by atoms with Crippen LogP contribution in [0.2, 0.25) is 0 Å². The summed E-state index contributed by atoms with van der Waals surface area (Å²) in [6.45, 7) is 1.71. The molecule has 1 rings (SSSR count). The van der Waals surface area contributed by atoms with Crippen LogP contribution in [-0.2, 0) is 11.3 Å². The summed E-state index contributed by atoms with van der Waals surface area (Å²) in [5, 5.41) is 10.6. The maximum Gasteiger partial charge on any atom is 0.303 e. The lowest BCUT2D eigenvalue weighted by molar-refractivity contribution is -0.137. The van der Waals surface area contributed by atoms with Gasteiger partial charge in [0.15, 0.2) is 0 Å². The van der Waals surface area contributed by atoms with E-state index in [2.05, 4.69) is 32.3 Å². The van der Waals surface area contributed by atoms with Crippen LogP contribution in [0.4, 0.5) is 0 Å². The molecule has 1 N–H and O–H groups in total. The van der Waals surface area contributed by atoms with Gasteiger partial charge in [0.1, 0.15) is 0 Å². The lowest BCUT2D eigenvalue weighted by Gasteiger charge is -2.14. The van der Waals surface area contributed by atoms with E-state index in [1.165, 1.54) is 4.88 Å². The highest BCUT2D eigenvalue weighted by Gasteiger charge is 2.04. The van der Waals surface area contributed by atoms with E-state index < -0.39 is 5.97 Å². The van der Waals surface area contributed by atoms with Crippen molar-refractivity contribution in [3.63, 3.8) is 0 Å². The summed E-state index contributed by atoms with van der Waals surface area (Å²) < 4.78 is 1.11. The molecule has 0 aromatic carbocycles. The van der Waals surface area contributed by atoms with E-state index in [9.17, 15) is 4.79 Å². The van der Waals surface area contributed by atoms with Crippen molar-refractivity contribution in [3.8, 4) is 0 Å². The van der Waals surface area contributed by atoms with E-state index in [1.54, 1.807) is 11.3 Å². The molecular formula is C10H14BrNO2S. The lowest BCUT2D eigenvalue weighted by atomic mass is 10.3. The molecule has 1 aromatic heterocycles. The van der Waals surface area contributed by atoms with Crippen LogP contribution in [-0.4, -0.2) is 29.6 Å². The van der Waals surface area contributed by atoms with Crippen molar-refractivity contribution < 1.29 is 9.90 Å². The Kier molecular flexibility index (Phi) is 5.28. The maximum atomic E-state index is 10.3. The van der Waals surface area contributed by atoms with Crippen molar-refractivity contribution in [2.75, 3.05) is 13.6 Å². The van der Waals surface area contributed by atoms with Crippen molar-refractivity contribution in [2.45, 2.75) is 19.4 Å². The lowest BCUT2D eigenvalue weighted by Crippen LogP contribution is -2.19. The van der Waals surface area contributed by atoms with Crippen LogP contribution in [0.15, 0.2) is 15.9 Å². The third-order valence-corrected chi connectivity index (χ3v) is 3.66. The number of carboxylic acids is 1. The predicted octanol–water partition coefficient (Wildman–Crippen LogP) is 2.81. The summed E-state index contributed by atoms with van der Waals surface area (Å²) in [7, 11) is 2.01.